The van der Waals surface area contributed by atoms with Crippen molar-refractivity contribution in [2.75, 3.05) is 0 Å². The average molecular weight is 305 g/mol. The van der Waals surface area contributed by atoms with Crippen molar-refractivity contribution in [1.82, 2.24) is 9.97 Å². The Hall–Kier alpha value is -1.18. The van der Waals surface area contributed by atoms with Crippen LogP contribution in [0.15, 0.2) is 27.0 Å². The van der Waals surface area contributed by atoms with Gasteiger partial charge in [-0.25, -0.2) is 14.4 Å². The molecule has 0 aliphatic heterocycles. The zero-order valence-electron chi connectivity index (χ0n) is 8.76. The van der Waals surface area contributed by atoms with Crippen LogP contribution in [0.4, 0.5) is 4.39 Å². The van der Waals surface area contributed by atoms with Crippen molar-refractivity contribution in [3.05, 3.63) is 34.2 Å². The molecule has 0 radical (unpaired) electrons. The van der Waals surface area contributed by atoms with Gasteiger partial charge in [-0.3, -0.25) is 4.79 Å². The third-order valence-corrected chi connectivity index (χ3v) is 4.01. The van der Waals surface area contributed by atoms with Gasteiger partial charge in [0.1, 0.15) is 5.03 Å². The van der Waals surface area contributed by atoms with Gasteiger partial charge in [0, 0.05) is 11.6 Å². The average Bonchev–Trinajstić information content (AvgIpc) is 2.69. The van der Waals surface area contributed by atoms with Crippen LogP contribution in [0, 0.1) is 5.82 Å². The molecule has 0 spiro atoms. The Kier molecular flexibility index (Phi) is 4.15. The number of aliphatic carboxylic acids is 1. The lowest BCUT2D eigenvalue weighted by Gasteiger charge is -1.98. The molecule has 0 aromatic carbocycles. The van der Waals surface area contributed by atoms with Gasteiger partial charge in [0.05, 0.1) is 17.1 Å². The number of carboxylic acid groups (broad SMARTS) is 1. The summed E-state index contributed by atoms with van der Waals surface area (Å²) in [6.07, 6.45) is 1.20. The molecule has 2 aromatic heterocycles. The Balaban J connectivity index is 2.13. The van der Waals surface area contributed by atoms with Gasteiger partial charge in [-0.2, -0.15) is 0 Å². The van der Waals surface area contributed by atoms with Gasteiger partial charge in [-0.15, -0.1) is 11.3 Å². The van der Waals surface area contributed by atoms with Crippen molar-refractivity contribution < 1.29 is 14.3 Å². The molecule has 0 unspecified atom stereocenters. The van der Waals surface area contributed by atoms with Gasteiger partial charge in [-0.1, -0.05) is 11.6 Å². The first-order chi connectivity index (χ1) is 8.54. The van der Waals surface area contributed by atoms with Crippen LogP contribution in [-0.2, 0) is 11.2 Å². The normalized spacial score (nSPS) is 10.6. The predicted octanol–water partition coefficient (Wildman–Crippen LogP) is 3.11. The molecule has 0 amide bonds. The molecule has 0 aliphatic rings. The Labute approximate surface area is 115 Å². The summed E-state index contributed by atoms with van der Waals surface area (Å²) in [7, 11) is 0. The molecule has 1 N–H and O–H groups in total. The second-order valence-corrected chi connectivity index (χ2v) is 5.75. The summed E-state index contributed by atoms with van der Waals surface area (Å²) in [5.41, 5.74) is 0.448. The highest BCUT2D eigenvalue weighted by Gasteiger charge is 2.11. The molecule has 4 nitrogen and oxygen atoms in total. The van der Waals surface area contributed by atoms with Crippen LogP contribution in [0.25, 0.3) is 0 Å². The topological polar surface area (TPSA) is 63.1 Å². The maximum atomic E-state index is 13.5. The molecule has 94 valence electrons. The summed E-state index contributed by atoms with van der Waals surface area (Å²) in [6, 6.07) is 1.17. The highest BCUT2D eigenvalue weighted by Crippen LogP contribution is 2.31. The summed E-state index contributed by atoms with van der Waals surface area (Å²) < 4.78 is 14.0. The summed E-state index contributed by atoms with van der Waals surface area (Å²) in [6.45, 7) is 0. The number of carboxylic acids is 1. The van der Waals surface area contributed by atoms with E-state index in [9.17, 15) is 9.18 Å². The van der Waals surface area contributed by atoms with E-state index < -0.39 is 11.8 Å². The van der Waals surface area contributed by atoms with E-state index in [2.05, 4.69) is 9.97 Å². The van der Waals surface area contributed by atoms with Crippen molar-refractivity contribution in [3.8, 4) is 0 Å². The van der Waals surface area contributed by atoms with Crippen LogP contribution in [0.3, 0.4) is 0 Å². The summed E-state index contributed by atoms with van der Waals surface area (Å²) in [4.78, 5) is 18.4. The van der Waals surface area contributed by atoms with E-state index in [4.69, 9.17) is 16.7 Å². The van der Waals surface area contributed by atoms with Crippen molar-refractivity contribution in [1.29, 1.82) is 0 Å². The molecule has 0 aliphatic carbocycles. The fraction of sp³-hybridized carbons (Fsp3) is 0.100. The van der Waals surface area contributed by atoms with E-state index >= 15 is 0 Å². The Morgan fingerprint density at radius 3 is 3.06 bits per heavy atom. The van der Waals surface area contributed by atoms with Gasteiger partial charge in [0.2, 0.25) is 0 Å². The van der Waals surface area contributed by atoms with Gasteiger partial charge in [0.15, 0.2) is 10.2 Å². The first-order valence-corrected chi connectivity index (χ1v) is 6.77. The van der Waals surface area contributed by atoms with E-state index in [0.717, 1.165) is 11.8 Å². The van der Waals surface area contributed by atoms with E-state index in [1.54, 1.807) is 5.38 Å². The molecule has 0 atom stereocenters. The van der Waals surface area contributed by atoms with Crippen LogP contribution in [0.2, 0.25) is 5.02 Å². The van der Waals surface area contributed by atoms with E-state index in [1.807, 2.05) is 0 Å². The quantitative estimate of drug-likeness (QED) is 0.940. The third-order valence-electron chi connectivity index (χ3n) is 1.82. The zero-order chi connectivity index (χ0) is 13.1. The molecule has 18 heavy (non-hydrogen) atoms. The monoisotopic (exact) mass is 304 g/mol. The Bertz CT molecular complexity index is 591. The summed E-state index contributed by atoms with van der Waals surface area (Å²) >= 11 is 7.88. The molecule has 2 aromatic rings. The number of halogens is 2. The fourth-order valence-electron chi connectivity index (χ4n) is 1.13. The maximum absolute atomic E-state index is 13.5. The Morgan fingerprint density at radius 1 is 1.61 bits per heavy atom. The second kappa shape index (κ2) is 5.64. The second-order valence-electron chi connectivity index (χ2n) is 3.22. The van der Waals surface area contributed by atoms with Gasteiger partial charge in [-0.05, 0) is 17.8 Å². The lowest BCUT2D eigenvalue weighted by atomic mass is 10.3. The highest BCUT2D eigenvalue weighted by molar-refractivity contribution is 8.01. The number of carbonyl (C=O) groups is 1. The molecule has 0 fully saturated rings. The summed E-state index contributed by atoms with van der Waals surface area (Å²) in [5.74, 6) is -1.48. The van der Waals surface area contributed by atoms with Gasteiger partial charge >= 0.3 is 5.97 Å². The number of pyridine rings is 1. The van der Waals surface area contributed by atoms with E-state index in [0.29, 0.717) is 10.0 Å². The number of nitrogens with zero attached hydrogens (tertiary/aromatic N) is 2. The maximum Gasteiger partial charge on any atom is 0.309 e. The van der Waals surface area contributed by atoms with Gasteiger partial charge < -0.3 is 5.11 Å². The smallest absolute Gasteiger partial charge is 0.309 e. The number of hydrogen-bond acceptors (Lipinski definition) is 5. The fourth-order valence-corrected chi connectivity index (χ4v) is 2.98. The number of rotatable bonds is 4. The van der Waals surface area contributed by atoms with Crippen molar-refractivity contribution >= 4 is 40.7 Å². The molecule has 2 heterocycles. The van der Waals surface area contributed by atoms with Crippen LogP contribution in [0.1, 0.15) is 5.69 Å². The van der Waals surface area contributed by atoms with Crippen LogP contribution in [-0.4, -0.2) is 21.0 Å². The highest BCUT2D eigenvalue weighted by atomic mass is 35.5. The Morgan fingerprint density at radius 2 is 2.39 bits per heavy atom. The molecule has 0 saturated heterocycles. The first-order valence-electron chi connectivity index (χ1n) is 4.69. The van der Waals surface area contributed by atoms with Crippen LogP contribution >= 0.6 is 34.7 Å². The van der Waals surface area contributed by atoms with Gasteiger partial charge in [0.25, 0.3) is 0 Å². The van der Waals surface area contributed by atoms with E-state index in [-0.39, 0.29) is 16.5 Å². The zero-order valence-corrected chi connectivity index (χ0v) is 11.2. The predicted molar refractivity (Wildman–Crippen MR) is 66.8 cm³/mol. The minimum absolute atomic E-state index is 0.145. The SMILES string of the molecule is O=C(O)Cc1csc(Sc2ncc(Cl)cc2F)n1. The molecule has 2 rings (SSSR count). The van der Waals surface area contributed by atoms with E-state index in [1.165, 1.54) is 23.6 Å². The molecule has 8 heteroatoms. The van der Waals surface area contributed by atoms with Crippen LogP contribution in [0.5, 0.6) is 0 Å². The van der Waals surface area contributed by atoms with Crippen LogP contribution < -0.4 is 0 Å². The molecule has 0 saturated carbocycles. The van der Waals surface area contributed by atoms with Crippen molar-refractivity contribution in [2.24, 2.45) is 0 Å². The number of hydrogen-bond donors (Lipinski definition) is 1. The number of thiazole rings is 1. The van der Waals surface area contributed by atoms with Crippen molar-refractivity contribution in [2.45, 2.75) is 15.8 Å². The standard InChI is InChI=1S/C10H6ClFN2O2S2/c11-5-1-7(12)9(13-3-5)18-10-14-6(4-17-10)2-8(15)16/h1,3-4H,2H2,(H,15,16). The van der Waals surface area contributed by atoms with Crippen molar-refractivity contribution in [3.63, 3.8) is 0 Å². The molecular weight excluding hydrogens is 299 g/mol. The molecular formula is C10H6ClFN2O2S2. The minimum Gasteiger partial charge on any atom is -0.481 e. The summed E-state index contributed by atoms with van der Waals surface area (Å²) in [5, 5.41) is 10.6. The molecule has 0 bridgehead atoms. The minimum atomic E-state index is -0.951. The number of aromatic nitrogens is 2. The largest absolute Gasteiger partial charge is 0.481 e. The first kappa shape index (κ1) is 13.3. The lowest BCUT2D eigenvalue weighted by molar-refractivity contribution is -0.136. The lowest BCUT2D eigenvalue weighted by Crippen LogP contribution is -1.99. The third kappa shape index (κ3) is 3.41.